The number of carbonyl (C=O) groups excluding carboxylic acids is 1. The molecule has 0 heterocycles. The molecule has 18 heavy (non-hydrogen) atoms. The molecule has 0 radical (unpaired) electrons. The Bertz CT molecular complexity index is 449. The van der Waals surface area contributed by atoms with Gasteiger partial charge in [-0.05, 0) is 24.6 Å². The van der Waals surface area contributed by atoms with Gasteiger partial charge in [0.1, 0.15) is 11.9 Å². The standard InChI is InChI=1S/C12H15FN2O3/c1-7(14)11(16)15-10(12(17)18)6-8-3-2-4-9(13)5-8/h2-5,7,10H,6,14H2,1H3,(H,15,16)(H,17,18)/t7-,10?/m0/s1. The average molecular weight is 254 g/mol. The third kappa shape index (κ3) is 4.14. The van der Waals surface area contributed by atoms with Crippen molar-refractivity contribution in [3.8, 4) is 0 Å². The Morgan fingerprint density at radius 1 is 1.50 bits per heavy atom. The number of nitrogens with one attached hydrogen (secondary N) is 1. The number of aliphatic carboxylic acids is 1. The van der Waals surface area contributed by atoms with Gasteiger partial charge in [0.05, 0.1) is 6.04 Å². The van der Waals surface area contributed by atoms with Gasteiger partial charge in [-0.15, -0.1) is 0 Å². The summed E-state index contributed by atoms with van der Waals surface area (Å²) in [4.78, 5) is 22.3. The number of amides is 1. The molecular weight excluding hydrogens is 239 g/mol. The minimum Gasteiger partial charge on any atom is -0.480 e. The third-order valence-corrected chi connectivity index (χ3v) is 2.36. The highest BCUT2D eigenvalue weighted by molar-refractivity contribution is 5.86. The Kier molecular flexibility index (Phi) is 4.79. The smallest absolute Gasteiger partial charge is 0.326 e. The average Bonchev–Trinajstić information content (AvgIpc) is 2.27. The van der Waals surface area contributed by atoms with E-state index in [-0.39, 0.29) is 6.42 Å². The van der Waals surface area contributed by atoms with Gasteiger partial charge < -0.3 is 16.2 Å². The molecule has 98 valence electrons. The Morgan fingerprint density at radius 2 is 2.17 bits per heavy atom. The molecule has 0 fully saturated rings. The lowest BCUT2D eigenvalue weighted by Crippen LogP contribution is -2.48. The van der Waals surface area contributed by atoms with Crippen molar-refractivity contribution in [2.75, 3.05) is 0 Å². The Morgan fingerprint density at radius 3 is 2.67 bits per heavy atom. The summed E-state index contributed by atoms with van der Waals surface area (Å²) >= 11 is 0. The van der Waals surface area contributed by atoms with Gasteiger partial charge in [0.2, 0.25) is 5.91 Å². The van der Waals surface area contributed by atoms with Gasteiger partial charge >= 0.3 is 5.97 Å². The van der Waals surface area contributed by atoms with Crippen LogP contribution in [0.2, 0.25) is 0 Å². The van der Waals surface area contributed by atoms with E-state index in [4.69, 9.17) is 10.8 Å². The molecule has 5 nitrogen and oxygen atoms in total. The topological polar surface area (TPSA) is 92.4 Å². The molecule has 2 atom stereocenters. The SMILES string of the molecule is C[C@H](N)C(=O)NC(Cc1cccc(F)c1)C(=O)O. The number of hydrogen-bond donors (Lipinski definition) is 3. The van der Waals surface area contributed by atoms with E-state index in [0.717, 1.165) is 0 Å². The summed E-state index contributed by atoms with van der Waals surface area (Å²) in [6.07, 6.45) is 0.00551. The summed E-state index contributed by atoms with van der Waals surface area (Å²) in [5, 5.41) is 11.3. The van der Waals surface area contributed by atoms with Crippen molar-refractivity contribution < 1.29 is 19.1 Å². The highest BCUT2D eigenvalue weighted by atomic mass is 19.1. The second kappa shape index (κ2) is 6.11. The first kappa shape index (κ1) is 14.1. The van der Waals surface area contributed by atoms with Crippen molar-refractivity contribution in [3.05, 3.63) is 35.6 Å². The van der Waals surface area contributed by atoms with Crippen molar-refractivity contribution in [2.24, 2.45) is 5.73 Å². The molecule has 0 aromatic heterocycles. The van der Waals surface area contributed by atoms with Gasteiger partial charge in [0.25, 0.3) is 0 Å². The fourth-order valence-electron chi connectivity index (χ4n) is 1.40. The van der Waals surface area contributed by atoms with Crippen molar-refractivity contribution in [3.63, 3.8) is 0 Å². The summed E-state index contributed by atoms with van der Waals surface area (Å²) < 4.78 is 13.0. The van der Waals surface area contributed by atoms with Crippen LogP contribution in [0, 0.1) is 5.82 Å². The van der Waals surface area contributed by atoms with Crippen molar-refractivity contribution in [1.29, 1.82) is 0 Å². The van der Waals surface area contributed by atoms with E-state index in [1.807, 2.05) is 0 Å². The zero-order chi connectivity index (χ0) is 13.7. The number of carbonyl (C=O) groups is 2. The summed E-state index contributed by atoms with van der Waals surface area (Å²) in [5.74, 6) is -2.19. The summed E-state index contributed by atoms with van der Waals surface area (Å²) in [6.45, 7) is 1.45. The highest BCUT2D eigenvalue weighted by Crippen LogP contribution is 2.07. The first-order valence-corrected chi connectivity index (χ1v) is 5.43. The van der Waals surface area contributed by atoms with Crippen LogP contribution >= 0.6 is 0 Å². The van der Waals surface area contributed by atoms with E-state index < -0.39 is 29.8 Å². The van der Waals surface area contributed by atoms with E-state index in [1.165, 1.54) is 25.1 Å². The second-order valence-electron chi connectivity index (χ2n) is 4.02. The molecular formula is C12H15FN2O3. The van der Waals surface area contributed by atoms with Crippen LogP contribution < -0.4 is 11.1 Å². The van der Waals surface area contributed by atoms with Crippen LogP contribution in [0.15, 0.2) is 24.3 Å². The number of hydrogen-bond acceptors (Lipinski definition) is 3. The fraction of sp³-hybridized carbons (Fsp3) is 0.333. The maximum Gasteiger partial charge on any atom is 0.326 e. The molecule has 0 aliphatic heterocycles. The molecule has 0 saturated heterocycles. The van der Waals surface area contributed by atoms with E-state index in [9.17, 15) is 14.0 Å². The first-order chi connectivity index (χ1) is 8.40. The second-order valence-corrected chi connectivity index (χ2v) is 4.02. The number of halogens is 1. The molecule has 0 aliphatic carbocycles. The highest BCUT2D eigenvalue weighted by Gasteiger charge is 2.21. The molecule has 0 bridgehead atoms. The van der Waals surface area contributed by atoms with E-state index in [0.29, 0.717) is 5.56 Å². The molecule has 0 aliphatic rings. The van der Waals surface area contributed by atoms with Crippen LogP contribution in [0.3, 0.4) is 0 Å². The lowest BCUT2D eigenvalue weighted by molar-refractivity contribution is -0.141. The predicted molar refractivity (Wildman–Crippen MR) is 63.3 cm³/mol. The van der Waals surface area contributed by atoms with Gasteiger partial charge in [-0.25, -0.2) is 9.18 Å². The maximum absolute atomic E-state index is 13.0. The first-order valence-electron chi connectivity index (χ1n) is 5.43. The number of nitrogens with two attached hydrogens (primary N) is 1. The van der Waals surface area contributed by atoms with Gasteiger partial charge in [0, 0.05) is 6.42 Å². The van der Waals surface area contributed by atoms with E-state index in [2.05, 4.69) is 5.32 Å². The Balaban J connectivity index is 2.75. The van der Waals surface area contributed by atoms with Gasteiger partial charge in [-0.1, -0.05) is 12.1 Å². The number of carboxylic acids is 1. The monoisotopic (exact) mass is 254 g/mol. The predicted octanol–water partition coefficient (Wildman–Crippen LogP) is 0.285. The van der Waals surface area contributed by atoms with Crippen molar-refractivity contribution in [1.82, 2.24) is 5.32 Å². The molecule has 4 N–H and O–H groups in total. The van der Waals surface area contributed by atoms with Crippen LogP contribution in [0.1, 0.15) is 12.5 Å². The zero-order valence-corrected chi connectivity index (χ0v) is 9.89. The normalized spacial score (nSPS) is 13.7. The molecule has 1 rings (SSSR count). The van der Waals surface area contributed by atoms with E-state index >= 15 is 0 Å². The molecule has 1 amide bonds. The summed E-state index contributed by atoms with van der Waals surface area (Å²) in [7, 11) is 0. The maximum atomic E-state index is 13.0. The minimum absolute atomic E-state index is 0.00551. The lowest BCUT2D eigenvalue weighted by Gasteiger charge is -2.16. The van der Waals surface area contributed by atoms with Crippen LogP contribution in [0.5, 0.6) is 0 Å². The van der Waals surface area contributed by atoms with Gasteiger partial charge in [-0.2, -0.15) is 0 Å². The van der Waals surface area contributed by atoms with Gasteiger partial charge in [-0.3, -0.25) is 4.79 Å². The zero-order valence-electron chi connectivity index (χ0n) is 9.89. The largest absolute Gasteiger partial charge is 0.480 e. The van der Waals surface area contributed by atoms with Crippen molar-refractivity contribution in [2.45, 2.75) is 25.4 Å². The Hall–Kier alpha value is -1.95. The molecule has 0 saturated carbocycles. The molecule has 6 heteroatoms. The van der Waals surface area contributed by atoms with E-state index in [1.54, 1.807) is 6.07 Å². The Labute approximate surface area is 104 Å². The van der Waals surface area contributed by atoms with Crippen molar-refractivity contribution >= 4 is 11.9 Å². The number of rotatable bonds is 5. The molecule has 0 spiro atoms. The third-order valence-electron chi connectivity index (χ3n) is 2.36. The summed E-state index contributed by atoms with van der Waals surface area (Å²) in [5.41, 5.74) is 5.83. The molecule has 1 aromatic rings. The minimum atomic E-state index is -1.19. The number of benzene rings is 1. The molecule has 1 unspecified atom stereocenters. The molecule has 1 aromatic carbocycles. The number of carboxylic acid groups (broad SMARTS) is 1. The van der Waals surface area contributed by atoms with Crippen LogP contribution in [0.25, 0.3) is 0 Å². The van der Waals surface area contributed by atoms with Gasteiger partial charge in [0.15, 0.2) is 0 Å². The lowest BCUT2D eigenvalue weighted by atomic mass is 10.1. The van der Waals surface area contributed by atoms with Crippen LogP contribution in [-0.2, 0) is 16.0 Å². The van der Waals surface area contributed by atoms with Crippen LogP contribution in [0.4, 0.5) is 4.39 Å². The van der Waals surface area contributed by atoms with Crippen LogP contribution in [-0.4, -0.2) is 29.1 Å². The fourth-order valence-corrected chi connectivity index (χ4v) is 1.40. The quantitative estimate of drug-likeness (QED) is 0.704. The summed E-state index contributed by atoms with van der Waals surface area (Å²) in [6, 6.07) is 3.66.